The molecule has 0 aromatic heterocycles. The van der Waals surface area contributed by atoms with Crippen LogP contribution in [0.25, 0.3) is 0 Å². The van der Waals surface area contributed by atoms with Gasteiger partial charge in [-0.15, -0.1) is 0 Å². The van der Waals surface area contributed by atoms with Crippen molar-refractivity contribution in [3.8, 4) is 0 Å². The predicted molar refractivity (Wildman–Crippen MR) is 26.0 cm³/mol. The van der Waals surface area contributed by atoms with E-state index in [1.807, 2.05) is 0 Å². The quantitative estimate of drug-likeness (QED) is 0.471. The Kier molecular flexibility index (Phi) is 1.39. The van der Waals surface area contributed by atoms with E-state index >= 15 is 0 Å². The first-order chi connectivity index (χ1) is 3.50. The predicted octanol–water partition coefficient (Wildman–Crippen LogP) is 0.394. The average molecular weight is 96.1 g/mol. The maximum absolute atomic E-state index is 4.72. The van der Waals surface area contributed by atoms with Gasteiger partial charge in [0.1, 0.15) is 6.26 Å². The van der Waals surface area contributed by atoms with Crippen LogP contribution in [-0.2, 0) is 4.74 Å². The van der Waals surface area contributed by atoms with E-state index in [1.165, 1.54) is 6.26 Å². The van der Waals surface area contributed by atoms with Gasteiger partial charge in [0, 0.05) is 18.8 Å². The number of ether oxygens (including phenoxy) is 1. The first kappa shape index (κ1) is 4.24. The van der Waals surface area contributed by atoms with Crippen LogP contribution in [0.5, 0.6) is 0 Å². The minimum Gasteiger partial charge on any atom is -0.471 e. The first-order valence-electron chi connectivity index (χ1n) is 2.09. The van der Waals surface area contributed by atoms with Crippen molar-refractivity contribution >= 4 is 0 Å². The summed E-state index contributed by atoms with van der Waals surface area (Å²) >= 11 is 0. The second kappa shape index (κ2) is 2.29. The van der Waals surface area contributed by atoms with Crippen molar-refractivity contribution in [1.82, 2.24) is 5.32 Å². The molecule has 2 heteroatoms. The molecule has 1 N–H and O–H groups in total. The van der Waals surface area contributed by atoms with E-state index in [-0.39, 0.29) is 0 Å². The van der Waals surface area contributed by atoms with Crippen molar-refractivity contribution < 1.29 is 4.74 Å². The molecule has 0 saturated heterocycles. The Bertz CT molecular complexity index is 84.3. The number of hydrogen-bond acceptors (Lipinski definition) is 2. The lowest BCUT2D eigenvalue weighted by Gasteiger charge is -1.83. The van der Waals surface area contributed by atoms with Gasteiger partial charge in [-0.25, -0.2) is 0 Å². The molecule has 0 bridgehead atoms. The van der Waals surface area contributed by atoms with Crippen LogP contribution in [-0.4, -0.2) is 6.54 Å². The normalized spacial score (nSPS) is 17.1. The van der Waals surface area contributed by atoms with E-state index in [2.05, 4.69) is 11.4 Å². The Labute approximate surface area is 42.5 Å². The minimum atomic E-state index is 0.733. The molecule has 0 aromatic carbocycles. The van der Waals surface area contributed by atoms with E-state index in [1.54, 1.807) is 12.5 Å². The lowest BCUT2D eigenvalue weighted by Crippen LogP contribution is -2.01. The fourth-order valence-electron chi connectivity index (χ4n) is 0.334. The van der Waals surface area contributed by atoms with Gasteiger partial charge in [0.05, 0.1) is 6.26 Å². The summed E-state index contributed by atoms with van der Waals surface area (Å²) in [5.74, 6) is 0. The summed E-state index contributed by atoms with van der Waals surface area (Å²) in [5.41, 5.74) is 0. The van der Waals surface area contributed by atoms with Crippen molar-refractivity contribution in [1.29, 1.82) is 0 Å². The van der Waals surface area contributed by atoms with Gasteiger partial charge in [-0.1, -0.05) is 0 Å². The molecule has 1 heterocycles. The molecule has 0 amide bonds. The SMILES string of the molecule is [C]1=COC=CNC1. The lowest BCUT2D eigenvalue weighted by atomic mass is 10.6. The number of rotatable bonds is 0. The molecule has 7 heavy (non-hydrogen) atoms. The fourth-order valence-corrected chi connectivity index (χ4v) is 0.334. The van der Waals surface area contributed by atoms with Crippen molar-refractivity contribution in [2.75, 3.05) is 6.54 Å². The molecular weight excluding hydrogens is 90.1 g/mol. The summed E-state index contributed by atoms with van der Waals surface area (Å²) in [5, 5.41) is 2.90. The summed E-state index contributed by atoms with van der Waals surface area (Å²) < 4.78 is 4.72. The van der Waals surface area contributed by atoms with E-state index in [9.17, 15) is 0 Å². The molecule has 37 valence electrons. The zero-order chi connectivity index (χ0) is 4.95. The Hall–Kier alpha value is -0.920. The third-order valence-corrected chi connectivity index (χ3v) is 0.620. The van der Waals surface area contributed by atoms with Crippen LogP contribution in [0.1, 0.15) is 0 Å². The zero-order valence-corrected chi connectivity index (χ0v) is 3.85. The van der Waals surface area contributed by atoms with E-state index in [4.69, 9.17) is 4.74 Å². The van der Waals surface area contributed by atoms with Crippen LogP contribution in [0.2, 0.25) is 0 Å². The smallest absolute Gasteiger partial charge is 0.106 e. The first-order valence-corrected chi connectivity index (χ1v) is 2.09. The molecule has 0 atom stereocenters. The summed E-state index contributed by atoms with van der Waals surface area (Å²) in [6.45, 7) is 0.733. The highest BCUT2D eigenvalue weighted by molar-refractivity contribution is 4.81. The van der Waals surface area contributed by atoms with Gasteiger partial charge in [0.2, 0.25) is 0 Å². The fraction of sp³-hybridized carbons (Fsp3) is 0.200. The van der Waals surface area contributed by atoms with Crippen LogP contribution in [0.15, 0.2) is 18.7 Å². The maximum atomic E-state index is 4.72. The molecule has 1 aliphatic rings. The molecule has 2 nitrogen and oxygen atoms in total. The molecule has 1 aliphatic heterocycles. The van der Waals surface area contributed by atoms with Gasteiger partial charge in [-0.05, 0) is 0 Å². The van der Waals surface area contributed by atoms with E-state index in [0.717, 1.165) is 6.54 Å². The highest BCUT2D eigenvalue weighted by atomic mass is 16.5. The molecule has 0 aliphatic carbocycles. The Morgan fingerprint density at radius 2 is 2.71 bits per heavy atom. The Morgan fingerprint density at radius 1 is 1.71 bits per heavy atom. The van der Waals surface area contributed by atoms with Gasteiger partial charge in [-0.3, -0.25) is 0 Å². The highest BCUT2D eigenvalue weighted by Gasteiger charge is 1.77. The van der Waals surface area contributed by atoms with Gasteiger partial charge in [-0.2, -0.15) is 0 Å². The second-order valence-electron chi connectivity index (χ2n) is 1.14. The summed E-state index contributed by atoms with van der Waals surface area (Å²) in [6.07, 6.45) is 7.65. The third-order valence-electron chi connectivity index (χ3n) is 0.620. The van der Waals surface area contributed by atoms with Crippen LogP contribution in [0.4, 0.5) is 0 Å². The molecule has 1 radical (unpaired) electrons. The van der Waals surface area contributed by atoms with E-state index in [0.29, 0.717) is 0 Å². The molecule has 0 saturated carbocycles. The van der Waals surface area contributed by atoms with Gasteiger partial charge in [0.25, 0.3) is 0 Å². The van der Waals surface area contributed by atoms with Gasteiger partial charge < -0.3 is 10.1 Å². The summed E-state index contributed by atoms with van der Waals surface area (Å²) in [7, 11) is 0. The van der Waals surface area contributed by atoms with Crippen molar-refractivity contribution in [3.63, 3.8) is 0 Å². The van der Waals surface area contributed by atoms with Crippen molar-refractivity contribution in [3.05, 3.63) is 24.8 Å². The van der Waals surface area contributed by atoms with E-state index < -0.39 is 0 Å². The molecule has 0 aromatic rings. The van der Waals surface area contributed by atoms with Crippen LogP contribution >= 0.6 is 0 Å². The second-order valence-corrected chi connectivity index (χ2v) is 1.14. The summed E-state index contributed by atoms with van der Waals surface area (Å²) in [6, 6.07) is 0. The largest absolute Gasteiger partial charge is 0.471 e. The third kappa shape index (κ3) is 1.30. The van der Waals surface area contributed by atoms with Crippen molar-refractivity contribution in [2.45, 2.75) is 0 Å². The standard InChI is InChI=1S/C5H6NO/c1-2-6-3-5-7-4-1/h3-6H,2H2. The van der Waals surface area contributed by atoms with Crippen LogP contribution in [0.3, 0.4) is 0 Å². The Morgan fingerprint density at radius 3 is 3.71 bits per heavy atom. The van der Waals surface area contributed by atoms with Gasteiger partial charge in [0.15, 0.2) is 0 Å². The maximum Gasteiger partial charge on any atom is 0.106 e. The number of nitrogens with one attached hydrogen (secondary N) is 1. The topological polar surface area (TPSA) is 21.3 Å². The number of hydrogen-bond donors (Lipinski definition) is 1. The van der Waals surface area contributed by atoms with Crippen LogP contribution in [0, 0.1) is 6.08 Å². The molecule has 0 fully saturated rings. The Balaban J connectivity index is 2.38. The van der Waals surface area contributed by atoms with Crippen molar-refractivity contribution in [2.24, 2.45) is 0 Å². The molecular formula is C5H6NO. The zero-order valence-electron chi connectivity index (χ0n) is 3.85. The highest BCUT2D eigenvalue weighted by Crippen LogP contribution is 1.80. The lowest BCUT2D eigenvalue weighted by molar-refractivity contribution is 0.401. The monoisotopic (exact) mass is 96.0 g/mol. The summed E-state index contributed by atoms with van der Waals surface area (Å²) in [4.78, 5) is 0. The average Bonchev–Trinajstić information content (AvgIpc) is 1.90. The van der Waals surface area contributed by atoms with Crippen LogP contribution < -0.4 is 5.32 Å². The minimum absolute atomic E-state index is 0.733. The molecule has 0 unspecified atom stereocenters. The molecule has 0 spiro atoms. The molecule has 1 rings (SSSR count). The van der Waals surface area contributed by atoms with Gasteiger partial charge >= 0.3 is 0 Å².